The highest BCUT2D eigenvalue weighted by molar-refractivity contribution is 5.91. The van der Waals surface area contributed by atoms with Crippen LogP contribution in [0.4, 0.5) is 4.39 Å². The first-order valence-electron chi connectivity index (χ1n) is 5.50. The van der Waals surface area contributed by atoms with Crippen LogP contribution in [0.15, 0.2) is 12.1 Å². The van der Waals surface area contributed by atoms with Gasteiger partial charge in [-0.25, -0.2) is 9.18 Å². The Bertz CT molecular complexity index is 463. The SMILES string of the molecule is Cl.N[C@@H](CC1CC1)c1cc(F)cc(C(=O)O)c1O. The number of carbonyl (C=O) groups is 1. The molecule has 4 nitrogen and oxygen atoms in total. The van der Waals surface area contributed by atoms with E-state index in [1.54, 1.807) is 0 Å². The molecule has 6 heteroatoms. The van der Waals surface area contributed by atoms with E-state index in [0.717, 1.165) is 25.0 Å². The fourth-order valence-corrected chi connectivity index (χ4v) is 1.91. The van der Waals surface area contributed by atoms with Crippen LogP contribution in [0.3, 0.4) is 0 Å². The molecule has 0 unspecified atom stereocenters. The molecule has 1 aromatic carbocycles. The average molecular weight is 276 g/mol. The highest BCUT2D eigenvalue weighted by Gasteiger charge is 2.27. The fraction of sp³-hybridized carbons (Fsp3) is 0.417. The van der Waals surface area contributed by atoms with Crippen LogP contribution < -0.4 is 5.73 Å². The maximum Gasteiger partial charge on any atom is 0.339 e. The van der Waals surface area contributed by atoms with Gasteiger partial charge < -0.3 is 15.9 Å². The minimum Gasteiger partial charge on any atom is -0.507 e. The smallest absolute Gasteiger partial charge is 0.339 e. The Morgan fingerprint density at radius 1 is 1.50 bits per heavy atom. The lowest BCUT2D eigenvalue weighted by molar-refractivity contribution is 0.0693. The van der Waals surface area contributed by atoms with Crippen molar-refractivity contribution in [1.29, 1.82) is 0 Å². The molecule has 0 amide bonds. The first-order chi connectivity index (χ1) is 7.99. The third-order valence-corrected chi connectivity index (χ3v) is 3.02. The van der Waals surface area contributed by atoms with E-state index in [1.807, 2.05) is 0 Å². The van der Waals surface area contributed by atoms with Crippen molar-refractivity contribution >= 4 is 18.4 Å². The first kappa shape index (κ1) is 14.7. The number of rotatable bonds is 4. The molecule has 2 rings (SSSR count). The minimum absolute atomic E-state index is 0. The zero-order chi connectivity index (χ0) is 12.6. The number of carboxylic acid groups (broad SMARTS) is 1. The molecule has 1 aliphatic rings. The molecule has 100 valence electrons. The zero-order valence-electron chi connectivity index (χ0n) is 9.60. The Kier molecular flexibility index (Phi) is 4.53. The van der Waals surface area contributed by atoms with Gasteiger partial charge in [0.05, 0.1) is 0 Å². The predicted molar refractivity (Wildman–Crippen MR) is 66.5 cm³/mol. The second-order valence-corrected chi connectivity index (χ2v) is 4.48. The van der Waals surface area contributed by atoms with E-state index in [-0.39, 0.29) is 18.0 Å². The number of halogens is 2. The Balaban J connectivity index is 0.00000162. The van der Waals surface area contributed by atoms with Gasteiger partial charge in [0.25, 0.3) is 0 Å². The normalized spacial score (nSPS) is 15.9. The lowest BCUT2D eigenvalue weighted by atomic mass is 9.98. The third-order valence-electron chi connectivity index (χ3n) is 3.02. The standard InChI is InChI=1S/C12H14FNO3.ClH/c13-7-4-8(10(14)3-6-1-2-6)11(15)9(5-7)12(16)17;/h4-6,10,15H,1-3,14H2,(H,16,17);1H/t10-;/m0./s1. The van der Waals surface area contributed by atoms with E-state index in [1.165, 1.54) is 0 Å². The maximum absolute atomic E-state index is 13.3. The van der Waals surface area contributed by atoms with Gasteiger partial charge in [-0.2, -0.15) is 0 Å². The molecule has 18 heavy (non-hydrogen) atoms. The van der Waals surface area contributed by atoms with Crippen molar-refractivity contribution in [3.63, 3.8) is 0 Å². The summed E-state index contributed by atoms with van der Waals surface area (Å²) in [6.45, 7) is 0. The van der Waals surface area contributed by atoms with E-state index < -0.39 is 29.1 Å². The van der Waals surface area contributed by atoms with Gasteiger partial charge in [-0.15, -0.1) is 12.4 Å². The summed E-state index contributed by atoms with van der Waals surface area (Å²) in [5.41, 5.74) is 5.59. The van der Waals surface area contributed by atoms with Gasteiger partial charge in [-0.05, 0) is 24.5 Å². The maximum atomic E-state index is 13.3. The summed E-state index contributed by atoms with van der Waals surface area (Å²) in [7, 11) is 0. The van der Waals surface area contributed by atoms with Crippen LogP contribution in [0.5, 0.6) is 5.75 Å². The summed E-state index contributed by atoms with van der Waals surface area (Å²) in [4.78, 5) is 10.8. The van der Waals surface area contributed by atoms with Gasteiger partial charge in [0.1, 0.15) is 17.1 Å². The molecule has 4 N–H and O–H groups in total. The predicted octanol–water partition coefficient (Wildman–Crippen LogP) is 2.45. The number of nitrogens with two attached hydrogens (primary N) is 1. The van der Waals surface area contributed by atoms with Crippen LogP contribution in [0, 0.1) is 11.7 Å². The molecule has 0 bridgehead atoms. The molecule has 0 aromatic heterocycles. The number of hydrogen-bond acceptors (Lipinski definition) is 3. The summed E-state index contributed by atoms with van der Waals surface area (Å²) in [6.07, 6.45) is 2.83. The zero-order valence-corrected chi connectivity index (χ0v) is 10.4. The van der Waals surface area contributed by atoms with Crippen LogP contribution in [0.2, 0.25) is 0 Å². The van der Waals surface area contributed by atoms with E-state index in [0.29, 0.717) is 12.3 Å². The summed E-state index contributed by atoms with van der Waals surface area (Å²) in [5, 5.41) is 18.6. The Labute approximate surface area is 110 Å². The first-order valence-corrected chi connectivity index (χ1v) is 5.50. The molecule has 0 heterocycles. The summed E-state index contributed by atoms with van der Waals surface area (Å²) in [6, 6.07) is 1.39. The number of aromatic hydroxyl groups is 1. The van der Waals surface area contributed by atoms with E-state index in [4.69, 9.17) is 10.8 Å². The highest BCUT2D eigenvalue weighted by atomic mass is 35.5. The lowest BCUT2D eigenvalue weighted by Crippen LogP contribution is -2.13. The second-order valence-electron chi connectivity index (χ2n) is 4.48. The summed E-state index contributed by atoms with van der Waals surface area (Å²) >= 11 is 0. The molecular formula is C12H15ClFNO3. The largest absolute Gasteiger partial charge is 0.507 e. The molecular weight excluding hydrogens is 261 g/mol. The molecule has 1 saturated carbocycles. The van der Waals surface area contributed by atoms with Gasteiger partial charge in [0.2, 0.25) is 0 Å². The van der Waals surface area contributed by atoms with Gasteiger partial charge in [-0.1, -0.05) is 12.8 Å². The summed E-state index contributed by atoms with van der Waals surface area (Å²) in [5.74, 6) is -1.96. The van der Waals surface area contributed by atoms with Crippen molar-refractivity contribution in [2.45, 2.75) is 25.3 Å². The van der Waals surface area contributed by atoms with Crippen LogP contribution in [-0.2, 0) is 0 Å². The van der Waals surface area contributed by atoms with Crippen molar-refractivity contribution in [3.8, 4) is 5.75 Å². The van der Waals surface area contributed by atoms with E-state index in [2.05, 4.69) is 0 Å². The van der Waals surface area contributed by atoms with Crippen molar-refractivity contribution in [3.05, 3.63) is 29.1 Å². The molecule has 0 saturated heterocycles. The molecule has 1 aliphatic carbocycles. The second kappa shape index (κ2) is 5.54. The molecule has 0 spiro atoms. The Morgan fingerprint density at radius 2 is 2.11 bits per heavy atom. The topological polar surface area (TPSA) is 83.6 Å². The van der Waals surface area contributed by atoms with Crippen LogP contribution >= 0.6 is 12.4 Å². The average Bonchev–Trinajstić information content (AvgIpc) is 3.04. The van der Waals surface area contributed by atoms with Gasteiger partial charge in [-0.3, -0.25) is 0 Å². The fourth-order valence-electron chi connectivity index (χ4n) is 1.91. The minimum atomic E-state index is -1.36. The van der Waals surface area contributed by atoms with Gasteiger partial charge in [0, 0.05) is 11.6 Å². The van der Waals surface area contributed by atoms with E-state index >= 15 is 0 Å². The monoisotopic (exact) mass is 275 g/mol. The van der Waals surface area contributed by atoms with Crippen molar-refractivity contribution in [2.24, 2.45) is 11.7 Å². The van der Waals surface area contributed by atoms with Crippen LogP contribution in [-0.4, -0.2) is 16.2 Å². The molecule has 1 aromatic rings. The highest BCUT2D eigenvalue weighted by Crippen LogP contribution is 2.39. The Hall–Kier alpha value is -1.33. The number of phenols is 1. The number of hydrogen-bond donors (Lipinski definition) is 3. The van der Waals surface area contributed by atoms with Gasteiger partial charge >= 0.3 is 5.97 Å². The van der Waals surface area contributed by atoms with Crippen molar-refractivity contribution in [1.82, 2.24) is 0 Å². The quantitative estimate of drug-likeness (QED) is 0.788. The molecule has 1 atom stereocenters. The lowest BCUT2D eigenvalue weighted by Gasteiger charge is -2.14. The molecule has 1 fully saturated rings. The molecule has 0 aliphatic heterocycles. The van der Waals surface area contributed by atoms with Crippen LogP contribution in [0.25, 0.3) is 0 Å². The molecule has 0 radical (unpaired) electrons. The third kappa shape index (κ3) is 3.11. The van der Waals surface area contributed by atoms with Crippen LogP contribution in [0.1, 0.15) is 41.2 Å². The number of carboxylic acids is 1. The Morgan fingerprint density at radius 3 is 2.61 bits per heavy atom. The van der Waals surface area contributed by atoms with Crippen molar-refractivity contribution < 1.29 is 19.4 Å². The summed E-state index contributed by atoms with van der Waals surface area (Å²) < 4.78 is 13.3. The number of benzene rings is 1. The number of aromatic carboxylic acids is 1. The van der Waals surface area contributed by atoms with Gasteiger partial charge in [0.15, 0.2) is 0 Å². The van der Waals surface area contributed by atoms with Crippen molar-refractivity contribution in [2.75, 3.05) is 0 Å². The van der Waals surface area contributed by atoms with E-state index in [9.17, 15) is 14.3 Å².